The van der Waals surface area contributed by atoms with Gasteiger partial charge in [-0.2, -0.15) is 0 Å². The summed E-state index contributed by atoms with van der Waals surface area (Å²) in [5, 5.41) is 3.50. The Balaban J connectivity index is 2.11. The van der Waals surface area contributed by atoms with Crippen LogP contribution in [0.5, 0.6) is 0 Å². The van der Waals surface area contributed by atoms with Crippen molar-refractivity contribution in [2.75, 3.05) is 26.2 Å². The van der Waals surface area contributed by atoms with Gasteiger partial charge in [0.1, 0.15) is 5.60 Å². The summed E-state index contributed by atoms with van der Waals surface area (Å²) in [5.74, 6) is 0. The third-order valence-corrected chi connectivity index (χ3v) is 4.03. The number of ether oxygens (including phenoxy) is 2. The molecule has 1 atom stereocenters. The SMILES string of the molecule is CCCCC(C)NCCOC1CCN(C(=O)OC(C)(C)C)CC1. The van der Waals surface area contributed by atoms with Crippen molar-refractivity contribution in [2.24, 2.45) is 0 Å². The molecule has 0 saturated carbocycles. The molecular formula is C18H36N2O3. The third kappa shape index (κ3) is 9.16. The van der Waals surface area contributed by atoms with Crippen LogP contribution in [-0.4, -0.2) is 55.0 Å². The van der Waals surface area contributed by atoms with Crippen LogP contribution in [0.15, 0.2) is 0 Å². The summed E-state index contributed by atoms with van der Waals surface area (Å²) in [5.41, 5.74) is -0.426. The van der Waals surface area contributed by atoms with E-state index in [1.54, 1.807) is 4.90 Å². The standard InChI is InChI=1S/C18H36N2O3/c1-6-7-8-15(2)19-11-14-22-16-9-12-20(13-10-16)17(21)23-18(3,4)5/h15-16,19H,6-14H2,1-5H3. The van der Waals surface area contributed by atoms with Crippen LogP contribution in [0.4, 0.5) is 4.79 Å². The van der Waals surface area contributed by atoms with E-state index in [1.165, 1.54) is 19.3 Å². The van der Waals surface area contributed by atoms with E-state index in [2.05, 4.69) is 19.2 Å². The number of piperidine rings is 1. The highest BCUT2D eigenvalue weighted by atomic mass is 16.6. The van der Waals surface area contributed by atoms with Gasteiger partial charge in [0.25, 0.3) is 0 Å². The number of carbonyl (C=O) groups is 1. The van der Waals surface area contributed by atoms with E-state index < -0.39 is 5.60 Å². The topological polar surface area (TPSA) is 50.8 Å². The molecule has 1 fully saturated rings. The van der Waals surface area contributed by atoms with E-state index in [-0.39, 0.29) is 12.2 Å². The Morgan fingerprint density at radius 2 is 1.96 bits per heavy atom. The first-order chi connectivity index (χ1) is 10.8. The molecule has 1 aliphatic heterocycles. The number of nitrogens with one attached hydrogen (secondary N) is 1. The molecule has 1 N–H and O–H groups in total. The maximum atomic E-state index is 12.0. The van der Waals surface area contributed by atoms with Crippen LogP contribution in [0.25, 0.3) is 0 Å². The highest BCUT2D eigenvalue weighted by Crippen LogP contribution is 2.17. The summed E-state index contributed by atoms with van der Waals surface area (Å²) in [7, 11) is 0. The molecule has 1 aliphatic rings. The van der Waals surface area contributed by atoms with Gasteiger partial charge in [-0.1, -0.05) is 19.8 Å². The van der Waals surface area contributed by atoms with E-state index in [0.717, 1.165) is 39.1 Å². The molecule has 0 aromatic carbocycles. The third-order valence-electron chi connectivity index (χ3n) is 4.03. The molecule has 0 bridgehead atoms. The molecule has 0 aromatic heterocycles. The van der Waals surface area contributed by atoms with Gasteiger partial charge < -0.3 is 19.7 Å². The zero-order valence-electron chi connectivity index (χ0n) is 15.7. The summed E-state index contributed by atoms with van der Waals surface area (Å²) in [4.78, 5) is 13.8. The van der Waals surface area contributed by atoms with Crippen LogP contribution in [0.3, 0.4) is 0 Å². The Bertz CT molecular complexity index is 334. The predicted molar refractivity (Wildman–Crippen MR) is 93.8 cm³/mol. The molecule has 0 spiro atoms. The highest BCUT2D eigenvalue weighted by molar-refractivity contribution is 5.68. The van der Waals surface area contributed by atoms with E-state index in [9.17, 15) is 4.79 Å². The number of carbonyl (C=O) groups excluding carboxylic acids is 1. The fourth-order valence-corrected chi connectivity index (χ4v) is 2.67. The average Bonchev–Trinajstić information content (AvgIpc) is 2.48. The van der Waals surface area contributed by atoms with E-state index >= 15 is 0 Å². The Morgan fingerprint density at radius 3 is 2.52 bits per heavy atom. The molecule has 1 rings (SSSR count). The number of hydrogen-bond acceptors (Lipinski definition) is 4. The van der Waals surface area contributed by atoms with Crippen molar-refractivity contribution in [2.45, 2.75) is 84.5 Å². The molecule has 1 heterocycles. The van der Waals surface area contributed by atoms with Crippen LogP contribution < -0.4 is 5.32 Å². The first-order valence-electron chi connectivity index (χ1n) is 9.14. The molecule has 0 aromatic rings. The normalized spacial score (nSPS) is 18.0. The first-order valence-corrected chi connectivity index (χ1v) is 9.14. The van der Waals surface area contributed by atoms with E-state index in [1.807, 2.05) is 20.8 Å². The Labute approximate surface area is 142 Å². The minimum atomic E-state index is -0.426. The molecule has 0 radical (unpaired) electrons. The van der Waals surface area contributed by atoms with Crippen LogP contribution in [0.2, 0.25) is 0 Å². The van der Waals surface area contributed by atoms with E-state index in [4.69, 9.17) is 9.47 Å². The first kappa shape index (κ1) is 20.2. The van der Waals surface area contributed by atoms with Gasteiger partial charge in [-0.25, -0.2) is 4.79 Å². The maximum Gasteiger partial charge on any atom is 0.410 e. The molecule has 1 amide bonds. The molecule has 136 valence electrons. The van der Waals surface area contributed by atoms with Crippen LogP contribution >= 0.6 is 0 Å². The molecule has 0 aliphatic carbocycles. The van der Waals surface area contributed by atoms with E-state index in [0.29, 0.717) is 6.04 Å². The number of hydrogen-bond donors (Lipinski definition) is 1. The number of likely N-dealkylation sites (tertiary alicyclic amines) is 1. The Hall–Kier alpha value is -0.810. The van der Waals surface area contributed by atoms with Crippen molar-refractivity contribution in [3.05, 3.63) is 0 Å². The second kappa shape index (κ2) is 10.1. The van der Waals surface area contributed by atoms with Crippen molar-refractivity contribution in [1.82, 2.24) is 10.2 Å². The second-order valence-corrected chi connectivity index (χ2v) is 7.53. The lowest BCUT2D eigenvalue weighted by Crippen LogP contribution is -2.43. The highest BCUT2D eigenvalue weighted by Gasteiger charge is 2.26. The van der Waals surface area contributed by atoms with Gasteiger partial charge in [-0.15, -0.1) is 0 Å². The van der Waals surface area contributed by atoms with Gasteiger partial charge in [0.05, 0.1) is 12.7 Å². The lowest BCUT2D eigenvalue weighted by atomic mass is 10.1. The maximum absolute atomic E-state index is 12.0. The van der Waals surface area contributed by atoms with Gasteiger partial charge in [0.2, 0.25) is 0 Å². The fourth-order valence-electron chi connectivity index (χ4n) is 2.67. The lowest BCUT2D eigenvalue weighted by Gasteiger charge is -2.33. The fraction of sp³-hybridized carbons (Fsp3) is 0.944. The molecule has 1 unspecified atom stereocenters. The van der Waals surface area contributed by atoms with Gasteiger partial charge >= 0.3 is 6.09 Å². The summed E-state index contributed by atoms with van der Waals surface area (Å²) < 4.78 is 11.3. The lowest BCUT2D eigenvalue weighted by molar-refractivity contribution is -0.0107. The van der Waals surface area contributed by atoms with Crippen molar-refractivity contribution in [3.63, 3.8) is 0 Å². The summed E-state index contributed by atoms with van der Waals surface area (Å²) in [6.07, 6.45) is 5.60. The monoisotopic (exact) mass is 328 g/mol. The van der Waals surface area contributed by atoms with Crippen molar-refractivity contribution < 1.29 is 14.3 Å². The average molecular weight is 328 g/mol. The van der Waals surface area contributed by atoms with Crippen molar-refractivity contribution in [1.29, 1.82) is 0 Å². The number of nitrogens with zero attached hydrogens (tertiary/aromatic N) is 1. The van der Waals surface area contributed by atoms with Crippen molar-refractivity contribution in [3.8, 4) is 0 Å². The molecular weight excluding hydrogens is 292 g/mol. The Kier molecular flexibility index (Phi) is 8.92. The minimum absolute atomic E-state index is 0.206. The quantitative estimate of drug-likeness (QED) is 0.692. The van der Waals surface area contributed by atoms with Crippen LogP contribution in [0.1, 0.15) is 66.7 Å². The predicted octanol–water partition coefficient (Wildman–Crippen LogP) is 3.57. The van der Waals surface area contributed by atoms with Gasteiger partial charge in [0.15, 0.2) is 0 Å². The summed E-state index contributed by atoms with van der Waals surface area (Å²) in [6.45, 7) is 13.2. The number of amides is 1. The van der Waals surface area contributed by atoms with Gasteiger partial charge in [0, 0.05) is 25.7 Å². The Morgan fingerprint density at radius 1 is 1.30 bits per heavy atom. The van der Waals surface area contributed by atoms with Gasteiger partial charge in [-0.05, 0) is 47.0 Å². The summed E-state index contributed by atoms with van der Waals surface area (Å²) in [6, 6.07) is 0.563. The summed E-state index contributed by atoms with van der Waals surface area (Å²) >= 11 is 0. The zero-order chi connectivity index (χ0) is 17.3. The van der Waals surface area contributed by atoms with Crippen molar-refractivity contribution >= 4 is 6.09 Å². The molecule has 23 heavy (non-hydrogen) atoms. The number of unbranched alkanes of at least 4 members (excludes halogenated alkanes) is 1. The largest absolute Gasteiger partial charge is 0.444 e. The minimum Gasteiger partial charge on any atom is -0.444 e. The smallest absolute Gasteiger partial charge is 0.410 e. The molecule has 1 saturated heterocycles. The van der Waals surface area contributed by atoms with Crippen LogP contribution in [-0.2, 0) is 9.47 Å². The van der Waals surface area contributed by atoms with Crippen LogP contribution in [0, 0.1) is 0 Å². The molecule has 5 nitrogen and oxygen atoms in total. The second-order valence-electron chi connectivity index (χ2n) is 7.53. The zero-order valence-corrected chi connectivity index (χ0v) is 15.7. The molecule has 5 heteroatoms. The number of rotatable bonds is 8. The van der Waals surface area contributed by atoms with Gasteiger partial charge in [-0.3, -0.25) is 0 Å².